The summed E-state index contributed by atoms with van der Waals surface area (Å²) in [6, 6.07) is 1.02. The van der Waals surface area contributed by atoms with Crippen LogP contribution in [0.2, 0.25) is 0 Å². The van der Waals surface area contributed by atoms with Crippen LogP contribution in [0.5, 0.6) is 0 Å². The van der Waals surface area contributed by atoms with Crippen molar-refractivity contribution in [2.45, 2.75) is 83.2 Å². The van der Waals surface area contributed by atoms with Gasteiger partial charge in [0.1, 0.15) is 0 Å². The van der Waals surface area contributed by atoms with Crippen LogP contribution in [0.1, 0.15) is 63.6 Å². The highest BCUT2D eigenvalue weighted by Gasteiger charge is 2.54. The minimum atomic E-state index is -5.07. The van der Waals surface area contributed by atoms with Crippen molar-refractivity contribution >= 4 is 17.7 Å². The van der Waals surface area contributed by atoms with Crippen molar-refractivity contribution in [1.82, 2.24) is 20.6 Å². The summed E-state index contributed by atoms with van der Waals surface area (Å²) in [5.74, 6) is -0.341. The Bertz CT molecular complexity index is 1480. The number of aromatic amines is 1. The molecule has 246 valence electrons. The maximum atomic E-state index is 14.1. The normalized spacial score (nSPS) is 24.2. The second kappa shape index (κ2) is 11.2. The van der Waals surface area contributed by atoms with Crippen molar-refractivity contribution in [3.63, 3.8) is 0 Å². The molecule has 1 saturated carbocycles. The van der Waals surface area contributed by atoms with E-state index in [0.717, 1.165) is 18.2 Å². The molecular weight excluding hydrogens is 623 g/mol. The van der Waals surface area contributed by atoms with Crippen LogP contribution in [0.3, 0.4) is 0 Å². The number of benzene rings is 1. The van der Waals surface area contributed by atoms with E-state index in [4.69, 9.17) is 4.74 Å². The molecule has 2 aromatic rings. The highest BCUT2D eigenvalue weighted by molar-refractivity contribution is 5.91. The van der Waals surface area contributed by atoms with Gasteiger partial charge in [-0.15, -0.1) is 5.10 Å². The molecule has 1 unspecified atom stereocenters. The standard InChI is InChI=1S/C28H29F9N6O2/c1-14(2)45-24(44)43-20-7-6-17(26(29,30)31)9-19(20)22(10-21(43)16-4-5-16)42(23-38-40-41-39-23)13-15-8-18(27(32,33)34)12-25(3,11-15)28(35,36)37/h6-9,11,14,16,21-22H,4-5,10,12-13H2,1-3H3,(H,38,39,40,41)/t21-,22-,25?/m0/s1. The summed E-state index contributed by atoms with van der Waals surface area (Å²) < 4.78 is 131. The number of nitrogens with one attached hydrogen (secondary N) is 1. The highest BCUT2D eigenvalue weighted by Crippen LogP contribution is 2.52. The molecule has 2 heterocycles. The number of fused-ring (bicyclic) bond motifs is 1. The van der Waals surface area contributed by atoms with Crippen LogP contribution < -0.4 is 9.80 Å². The van der Waals surface area contributed by atoms with Crippen LogP contribution in [-0.4, -0.2) is 57.8 Å². The quantitative estimate of drug-likeness (QED) is 0.322. The Morgan fingerprint density at radius 1 is 1.11 bits per heavy atom. The van der Waals surface area contributed by atoms with E-state index < -0.39 is 77.9 Å². The number of rotatable bonds is 6. The van der Waals surface area contributed by atoms with Gasteiger partial charge in [0.15, 0.2) is 0 Å². The molecule has 5 rings (SSSR count). The number of aromatic nitrogens is 4. The van der Waals surface area contributed by atoms with Crippen LogP contribution in [-0.2, 0) is 10.9 Å². The van der Waals surface area contributed by atoms with Crippen molar-refractivity contribution in [3.05, 3.63) is 52.6 Å². The molecule has 1 aromatic carbocycles. The van der Waals surface area contributed by atoms with Gasteiger partial charge in [-0.05, 0) is 93.0 Å². The van der Waals surface area contributed by atoms with Crippen LogP contribution >= 0.6 is 0 Å². The van der Waals surface area contributed by atoms with E-state index in [-0.39, 0.29) is 29.5 Å². The number of allylic oxidation sites excluding steroid dienone is 2. The summed E-state index contributed by atoms with van der Waals surface area (Å²) in [6.07, 6.45) is -15.0. The molecule has 0 saturated heterocycles. The average Bonchev–Trinajstić information content (AvgIpc) is 3.62. The summed E-state index contributed by atoms with van der Waals surface area (Å²) in [6.45, 7) is 3.23. The number of H-pyrrole nitrogens is 1. The third-order valence-corrected chi connectivity index (χ3v) is 8.22. The van der Waals surface area contributed by atoms with Crippen LogP contribution in [0.4, 0.5) is 55.9 Å². The van der Waals surface area contributed by atoms with Gasteiger partial charge in [0.05, 0.1) is 28.8 Å². The van der Waals surface area contributed by atoms with Gasteiger partial charge in [-0.2, -0.15) is 44.7 Å². The molecule has 0 bridgehead atoms. The second-order valence-electron chi connectivity index (χ2n) is 12.0. The molecule has 1 aromatic heterocycles. The van der Waals surface area contributed by atoms with Gasteiger partial charge < -0.3 is 9.64 Å². The Labute approximate surface area is 251 Å². The van der Waals surface area contributed by atoms with E-state index in [9.17, 15) is 44.3 Å². The third kappa shape index (κ3) is 6.61. The number of alkyl halides is 9. The zero-order valence-electron chi connectivity index (χ0n) is 24.2. The van der Waals surface area contributed by atoms with Crippen molar-refractivity contribution in [3.8, 4) is 0 Å². The Balaban J connectivity index is 1.67. The topological polar surface area (TPSA) is 87.2 Å². The molecule has 8 nitrogen and oxygen atoms in total. The summed E-state index contributed by atoms with van der Waals surface area (Å²) >= 11 is 0. The van der Waals surface area contributed by atoms with Crippen LogP contribution in [0, 0.1) is 11.3 Å². The zero-order valence-corrected chi connectivity index (χ0v) is 24.2. The molecular formula is C28H29F9N6O2. The molecule has 1 amide bonds. The largest absolute Gasteiger partial charge is 0.446 e. The maximum Gasteiger partial charge on any atom is 0.416 e. The molecule has 45 heavy (non-hydrogen) atoms. The smallest absolute Gasteiger partial charge is 0.416 e. The Kier molecular flexibility index (Phi) is 8.13. The van der Waals surface area contributed by atoms with E-state index in [1.807, 2.05) is 0 Å². The first kappa shape index (κ1) is 32.6. The zero-order chi connectivity index (χ0) is 33.1. The number of hydrogen-bond donors (Lipinski definition) is 1. The lowest BCUT2D eigenvalue weighted by atomic mass is 9.76. The lowest BCUT2D eigenvalue weighted by Crippen LogP contribution is -2.50. The van der Waals surface area contributed by atoms with Gasteiger partial charge in [-0.3, -0.25) is 4.90 Å². The van der Waals surface area contributed by atoms with E-state index >= 15 is 0 Å². The SMILES string of the molecule is CC(C)OC(=O)N1c2ccc(C(F)(F)F)cc2[C@@H](N(CC2=CC(C)(C(F)(F)F)CC(C(F)(F)F)=C2)c2nn[nH]n2)C[C@H]1C1CC1. The summed E-state index contributed by atoms with van der Waals surface area (Å²) in [5.41, 5.74) is -5.73. The molecule has 1 aliphatic heterocycles. The molecule has 0 radical (unpaired) electrons. The predicted molar refractivity (Wildman–Crippen MR) is 142 cm³/mol. The number of ether oxygens (including phenoxy) is 1. The van der Waals surface area contributed by atoms with Gasteiger partial charge in [0.2, 0.25) is 0 Å². The molecule has 1 fully saturated rings. The monoisotopic (exact) mass is 652 g/mol. The molecule has 0 spiro atoms. The van der Waals surface area contributed by atoms with E-state index in [1.54, 1.807) is 13.8 Å². The van der Waals surface area contributed by atoms with Crippen molar-refractivity contribution < 1.29 is 49.0 Å². The van der Waals surface area contributed by atoms with Gasteiger partial charge in [0, 0.05) is 18.2 Å². The number of anilines is 2. The lowest BCUT2D eigenvalue weighted by molar-refractivity contribution is -0.204. The number of tetrazole rings is 1. The number of nitrogens with zero attached hydrogens (tertiary/aromatic N) is 5. The minimum Gasteiger partial charge on any atom is -0.446 e. The van der Waals surface area contributed by atoms with Gasteiger partial charge >= 0.3 is 24.6 Å². The van der Waals surface area contributed by atoms with E-state index in [1.165, 1.54) is 9.80 Å². The van der Waals surface area contributed by atoms with Crippen molar-refractivity contribution in [2.75, 3.05) is 16.3 Å². The fraction of sp³-hybridized carbons (Fsp3) is 0.571. The summed E-state index contributed by atoms with van der Waals surface area (Å²) in [4.78, 5) is 15.8. The van der Waals surface area contributed by atoms with Crippen molar-refractivity contribution in [2.24, 2.45) is 11.3 Å². The Morgan fingerprint density at radius 3 is 2.33 bits per heavy atom. The summed E-state index contributed by atoms with van der Waals surface area (Å²) in [5, 5.41) is 13.4. The highest BCUT2D eigenvalue weighted by atomic mass is 19.4. The first-order valence-electron chi connectivity index (χ1n) is 14.1. The Morgan fingerprint density at radius 2 is 1.80 bits per heavy atom. The number of halogens is 9. The van der Waals surface area contributed by atoms with Crippen LogP contribution in [0.15, 0.2) is 41.5 Å². The van der Waals surface area contributed by atoms with E-state index in [2.05, 4.69) is 20.6 Å². The fourth-order valence-electron chi connectivity index (χ4n) is 5.95. The van der Waals surface area contributed by atoms with Crippen LogP contribution in [0.25, 0.3) is 0 Å². The molecule has 1 N–H and O–H groups in total. The first-order valence-corrected chi connectivity index (χ1v) is 14.1. The lowest BCUT2D eigenvalue weighted by Gasteiger charge is -2.45. The average molecular weight is 653 g/mol. The van der Waals surface area contributed by atoms with Gasteiger partial charge in [-0.25, -0.2) is 4.79 Å². The number of carbonyl (C=O) groups excluding carboxylic acids is 1. The van der Waals surface area contributed by atoms with Gasteiger partial charge in [-0.1, -0.05) is 11.2 Å². The number of hydrogen-bond acceptors (Lipinski definition) is 6. The molecule has 3 aliphatic rings. The molecule has 2 aliphatic carbocycles. The summed E-state index contributed by atoms with van der Waals surface area (Å²) in [7, 11) is 0. The second-order valence-corrected chi connectivity index (χ2v) is 12.0. The third-order valence-electron chi connectivity index (χ3n) is 8.22. The van der Waals surface area contributed by atoms with Crippen molar-refractivity contribution in [1.29, 1.82) is 0 Å². The fourth-order valence-corrected chi connectivity index (χ4v) is 5.95. The number of amides is 1. The minimum absolute atomic E-state index is 0.0413. The number of carbonyl (C=O) groups is 1. The maximum absolute atomic E-state index is 14.1. The first-order chi connectivity index (χ1) is 20.8. The van der Waals surface area contributed by atoms with E-state index in [0.29, 0.717) is 31.9 Å². The molecule has 3 atom stereocenters. The Hall–Kier alpha value is -3.79. The van der Waals surface area contributed by atoms with Gasteiger partial charge in [0.25, 0.3) is 5.95 Å². The predicted octanol–water partition coefficient (Wildman–Crippen LogP) is 7.69. The molecule has 17 heteroatoms.